The molecule has 1 unspecified atom stereocenters. The van der Waals surface area contributed by atoms with Crippen LogP contribution in [0.1, 0.15) is 25.7 Å². The standard InChI is InChI=1S/C8H16N2O4S/c1-10(15(13)14)7-4-2-6(3-5-7)9-8(11)12/h6-7,9H,2-5H2,1H3,(H,11,12)(H,13,14). The number of nitrogens with one attached hydrogen (secondary N) is 1. The molecule has 1 aliphatic carbocycles. The Morgan fingerprint density at radius 1 is 1.40 bits per heavy atom. The second-order valence-corrected chi connectivity index (χ2v) is 4.77. The summed E-state index contributed by atoms with van der Waals surface area (Å²) in [5, 5.41) is 10.9. The number of amides is 1. The molecular formula is C8H16N2O4S. The van der Waals surface area contributed by atoms with Crippen molar-refractivity contribution in [2.75, 3.05) is 7.05 Å². The monoisotopic (exact) mass is 236 g/mol. The fourth-order valence-electron chi connectivity index (χ4n) is 1.89. The van der Waals surface area contributed by atoms with Crippen molar-refractivity contribution < 1.29 is 18.7 Å². The van der Waals surface area contributed by atoms with E-state index in [-0.39, 0.29) is 12.1 Å². The first-order valence-corrected chi connectivity index (χ1v) is 5.90. The summed E-state index contributed by atoms with van der Waals surface area (Å²) in [4.78, 5) is 10.4. The Kier molecular flexibility index (Phi) is 4.49. The SMILES string of the molecule is CN(C1CCC(NC(=O)O)CC1)S(=O)O. The molecule has 0 aromatic heterocycles. The van der Waals surface area contributed by atoms with Gasteiger partial charge in [0.25, 0.3) is 0 Å². The Morgan fingerprint density at radius 2 is 1.93 bits per heavy atom. The number of hydrogen-bond acceptors (Lipinski definition) is 2. The van der Waals surface area contributed by atoms with Gasteiger partial charge in [-0.25, -0.2) is 13.3 Å². The van der Waals surface area contributed by atoms with Crippen LogP contribution in [-0.2, 0) is 11.3 Å². The van der Waals surface area contributed by atoms with E-state index in [0.29, 0.717) is 0 Å². The lowest BCUT2D eigenvalue weighted by Gasteiger charge is -2.32. The first kappa shape index (κ1) is 12.4. The van der Waals surface area contributed by atoms with Gasteiger partial charge in [-0.15, -0.1) is 0 Å². The second kappa shape index (κ2) is 5.43. The van der Waals surface area contributed by atoms with E-state index >= 15 is 0 Å². The molecule has 88 valence electrons. The quantitative estimate of drug-likeness (QED) is 0.627. The summed E-state index contributed by atoms with van der Waals surface area (Å²) in [6.45, 7) is 0. The Labute approximate surface area is 91.1 Å². The van der Waals surface area contributed by atoms with E-state index in [1.165, 1.54) is 4.31 Å². The smallest absolute Gasteiger partial charge is 0.404 e. The van der Waals surface area contributed by atoms with Crippen LogP contribution in [0.25, 0.3) is 0 Å². The number of carbonyl (C=O) groups is 1. The van der Waals surface area contributed by atoms with E-state index in [2.05, 4.69) is 5.32 Å². The Hall–Kier alpha value is -0.660. The van der Waals surface area contributed by atoms with Gasteiger partial charge in [0.15, 0.2) is 0 Å². The molecule has 0 saturated heterocycles. The van der Waals surface area contributed by atoms with Gasteiger partial charge in [-0.2, -0.15) is 0 Å². The van der Waals surface area contributed by atoms with Gasteiger partial charge in [0.05, 0.1) is 0 Å². The highest BCUT2D eigenvalue weighted by atomic mass is 32.2. The lowest BCUT2D eigenvalue weighted by Crippen LogP contribution is -2.42. The minimum atomic E-state index is -1.93. The molecule has 1 aliphatic rings. The summed E-state index contributed by atoms with van der Waals surface area (Å²) in [5.41, 5.74) is 0. The molecule has 0 bridgehead atoms. The summed E-state index contributed by atoms with van der Waals surface area (Å²) in [5.74, 6) is 0. The fourth-order valence-corrected chi connectivity index (χ4v) is 2.35. The van der Waals surface area contributed by atoms with Crippen LogP contribution in [-0.4, -0.2) is 43.4 Å². The van der Waals surface area contributed by atoms with Gasteiger partial charge >= 0.3 is 6.09 Å². The molecule has 0 aromatic carbocycles. The van der Waals surface area contributed by atoms with Crippen molar-refractivity contribution in [3.05, 3.63) is 0 Å². The van der Waals surface area contributed by atoms with Crippen molar-refractivity contribution in [3.8, 4) is 0 Å². The summed E-state index contributed by atoms with van der Waals surface area (Å²) in [6, 6.07) is 0.0574. The topological polar surface area (TPSA) is 89.9 Å². The highest BCUT2D eigenvalue weighted by molar-refractivity contribution is 7.76. The van der Waals surface area contributed by atoms with E-state index < -0.39 is 17.4 Å². The van der Waals surface area contributed by atoms with Crippen molar-refractivity contribution >= 4 is 17.4 Å². The number of hydrogen-bond donors (Lipinski definition) is 3. The van der Waals surface area contributed by atoms with Gasteiger partial charge < -0.3 is 10.4 Å². The largest absolute Gasteiger partial charge is 0.465 e. The van der Waals surface area contributed by atoms with E-state index in [9.17, 15) is 9.00 Å². The second-order valence-electron chi connectivity index (χ2n) is 3.73. The minimum Gasteiger partial charge on any atom is -0.465 e. The third kappa shape index (κ3) is 3.77. The van der Waals surface area contributed by atoms with Gasteiger partial charge in [-0.05, 0) is 25.7 Å². The molecule has 15 heavy (non-hydrogen) atoms. The Bertz CT molecular complexity index is 253. The van der Waals surface area contributed by atoms with Crippen molar-refractivity contribution in [1.29, 1.82) is 0 Å². The van der Waals surface area contributed by atoms with Gasteiger partial charge in [-0.3, -0.25) is 4.55 Å². The van der Waals surface area contributed by atoms with E-state index in [4.69, 9.17) is 9.66 Å². The molecule has 0 spiro atoms. The van der Waals surface area contributed by atoms with Crippen LogP contribution in [0.4, 0.5) is 4.79 Å². The zero-order valence-corrected chi connectivity index (χ0v) is 9.37. The fraction of sp³-hybridized carbons (Fsp3) is 0.875. The summed E-state index contributed by atoms with van der Waals surface area (Å²) in [6.07, 6.45) is 1.93. The van der Waals surface area contributed by atoms with Crippen molar-refractivity contribution in [3.63, 3.8) is 0 Å². The third-order valence-electron chi connectivity index (χ3n) is 2.78. The summed E-state index contributed by atoms with van der Waals surface area (Å²) < 4.78 is 21.1. The number of carboxylic acid groups (broad SMARTS) is 1. The van der Waals surface area contributed by atoms with Crippen molar-refractivity contribution in [2.45, 2.75) is 37.8 Å². The molecule has 7 heteroatoms. The maximum atomic E-state index is 10.8. The van der Waals surface area contributed by atoms with Crippen molar-refractivity contribution in [1.82, 2.24) is 9.62 Å². The molecule has 0 radical (unpaired) electrons. The lowest BCUT2D eigenvalue weighted by molar-refractivity contribution is 0.179. The van der Waals surface area contributed by atoms with Crippen molar-refractivity contribution in [2.24, 2.45) is 0 Å². The summed E-state index contributed by atoms with van der Waals surface area (Å²) >= 11 is -1.93. The molecule has 1 fully saturated rings. The van der Waals surface area contributed by atoms with E-state index in [1.807, 2.05) is 0 Å². The molecule has 0 heterocycles. The zero-order valence-electron chi connectivity index (χ0n) is 8.55. The Morgan fingerprint density at radius 3 is 2.33 bits per heavy atom. The highest BCUT2D eigenvalue weighted by Crippen LogP contribution is 2.22. The summed E-state index contributed by atoms with van der Waals surface area (Å²) in [7, 11) is 1.60. The zero-order chi connectivity index (χ0) is 11.4. The maximum absolute atomic E-state index is 10.8. The van der Waals surface area contributed by atoms with E-state index in [0.717, 1.165) is 25.7 Å². The molecule has 0 aliphatic heterocycles. The number of rotatable bonds is 3. The van der Waals surface area contributed by atoms with Gasteiger partial charge in [0.1, 0.15) is 0 Å². The molecule has 1 atom stereocenters. The Balaban J connectivity index is 2.35. The molecule has 1 rings (SSSR count). The molecule has 3 N–H and O–H groups in total. The molecule has 1 saturated carbocycles. The first-order valence-electron chi connectivity index (χ1n) is 4.84. The van der Waals surface area contributed by atoms with Gasteiger partial charge in [-0.1, -0.05) is 0 Å². The van der Waals surface area contributed by atoms with Crippen LogP contribution in [0, 0.1) is 0 Å². The average Bonchev–Trinajstić information content (AvgIpc) is 2.17. The van der Waals surface area contributed by atoms with Crippen LogP contribution in [0.5, 0.6) is 0 Å². The van der Waals surface area contributed by atoms with E-state index in [1.54, 1.807) is 7.05 Å². The van der Waals surface area contributed by atoms with Crippen LogP contribution in [0.15, 0.2) is 0 Å². The number of nitrogens with zero attached hydrogens (tertiary/aromatic N) is 1. The maximum Gasteiger partial charge on any atom is 0.404 e. The normalized spacial score (nSPS) is 28.7. The van der Waals surface area contributed by atoms with Crippen LogP contribution < -0.4 is 5.32 Å². The minimum absolute atomic E-state index is 0.0146. The predicted octanol–water partition coefficient (Wildman–Crippen LogP) is 0.634. The molecular weight excluding hydrogens is 220 g/mol. The average molecular weight is 236 g/mol. The highest BCUT2D eigenvalue weighted by Gasteiger charge is 2.26. The van der Waals surface area contributed by atoms with Crippen LogP contribution in [0.2, 0.25) is 0 Å². The lowest BCUT2D eigenvalue weighted by atomic mass is 9.91. The molecule has 0 aromatic rings. The van der Waals surface area contributed by atoms with Gasteiger partial charge in [0, 0.05) is 19.1 Å². The predicted molar refractivity (Wildman–Crippen MR) is 55.7 cm³/mol. The molecule has 6 nitrogen and oxygen atoms in total. The third-order valence-corrected chi connectivity index (χ3v) is 3.58. The van der Waals surface area contributed by atoms with Gasteiger partial charge in [0.2, 0.25) is 11.3 Å². The first-order chi connectivity index (χ1) is 7.00. The molecule has 1 amide bonds. The van der Waals surface area contributed by atoms with Crippen LogP contribution >= 0.6 is 0 Å². The van der Waals surface area contributed by atoms with Crippen LogP contribution in [0.3, 0.4) is 0 Å².